The van der Waals surface area contributed by atoms with Gasteiger partial charge < -0.3 is 15.4 Å². The fourth-order valence-electron chi connectivity index (χ4n) is 3.58. The third-order valence-corrected chi connectivity index (χ3v) is 5.40. The van der Waals surface area contributed by atoms with Gasteiger partial charge >= 0.3 is 0 Å². The number of benzene rings is 2. The predicted molar refractivity (Wildman–Crippen MR) is 114 cm³/mol. The van der Waals surface area contributed by atoms with Crippen LogP contribution in [0.4, 0.5) is 10.1 Å². The Labute approximate surface area is 179 Å². The van der Waals surface area contributed by atoms with E-state index in [0.29, 0.717) is 36.4 Å². The first kappa shape index (κ1) is 21.0. The van der Waals surface area contributed by atoms with E-state index in [1.807, 2.05) is 25.1 Å². The normalized spacial score (nSPS) is 18.5. The first-order valence-corrected chi connectivity index (χ1v) is 10.2. The van der Waals surface area contributed by atoms with Crippen LogP contribution < -0.4 is 15.4 Å². The van der Waals surface area contributed by atoms with Crippen LogP contribution in [0.5, 0.6) is 5.75 Å². The maximum absolute atomic E-state index is 15.0. The van der Waals surface area contributed by atoms with Gasteiger partial charge in [-0.3, -0.25) is 14.4 Å². The van der Waals surface area contributed by atoms with E-state index in [-0.39, 0.29) is 24.0 Å². The number of rotatable bonds is 5. The van der Waals surface area contributed by atoms with Gasteiger partial charge in [0.25, 0.3) is 11.8 Å². The number of carbonyl (C=O) groups excluding carboxylic acids is 2. The van der Waals surface area contributed by atoms with E-state index >= 15 is 0 Å². The molecule has 1 unspecified atom stereocenters. The average Bonchev–Trinajstić information content (AvgIpc) is 2.81. The molecule has 2 aliphatic heterocycles. The summed E-state index contributed by atoms with van der Waals surface area (Å²) in [5.74, 6) is -0.640. The predicted octanol–water partition coefficient (Wildman–Crippen LogP) is 3.13. The van der Waals surface area contributed by atoms with Crippen molar-refractivity contribution in [2.75, 3.05) is 25.5 Å². The first-order chi connectivity index (χ1) is 15.0. The minimum absolute atomic E-state index is 0.0802. The first-order valence-electron chi connectivity index (χ1n) is 10.2. The van der Waals surface area contributed by atoms with E-state index in [1.165, 1.54) is 0 Å². The van der Waals surface area contributed by atoms with Crippen LogP contribution >= 0.6 is 0 Å². The number of fused-ring (bicyclic) bond motifs is 1. The van der Waals surface area contributed by atoms with Gasteiger partial charge in [-0.05, 0) is 35.8 Å². The van der Waals surface area contributed by atoms with Crippen molar-refractivity contribution >= 4 is 23.1 Å². The van der Waals surface area contributed by atoms with E-state index in [0.717, 1.165) is 11.1 Å². The zero-order chi connectivity index (χ0) is 22.0. The number of ether oxygens (including phenoxy) is 1. The monoisotopic (exact) mass is 425 g/mol. The largest absolute Gasteiger partial charge is 0.478 e. The molecule has 162 valence electrons. The topological polar surface area (TPSA) is 79.9 Å². The molecular formula is C23H24FN3O4. The van der Waals surface area contributed by atoms with Gasteiger partial charge in [0, 0.05) is 24.7 Å². The van der Waals surface area contributed by atoms with E-state index < -0.39 is 11.9 Å². The van der Waals surface area contributed by atoms with Crippen molar-refractivity contribution in [2.24, 2.45) is 0 Å². The summed E-state index contributed by atoms with van der Waals surface area (Å²) in [5.41, 5.74) is 3.05. The van der Waals surface area contributed by atoms with Crippen LogP contribution in [0.2, 0.25) is 0 Å². The van der Waals surface area contributed by atoms with Gasteiger partial charge in [-0.1, -0.05) is 31.2 Å². The van der Waals surface area contributed by atoms with E-state index in [2.05, 4.69) is 10.6 Å². The van der Waals surface area contributed by atoms with Crippen LogP contribution in [-0.4, -0.2) is 43.2 Å². The lowest BCUT2D eigenvalue weighted by atomic mass is 10.0. The van der Waals surface area contributed by atoms with Crippen molar-refractivity contribution in [3.05, 3.63) is 65.0 Å². The summed E-state index contributed by atoms with van der Waals surface area (Å²) in [5, 5.41) is 6.87. The van der Waals surface area contributed by atoms with E-state index in [1.54, 1.807) is 36.4 Å². The highest BCUT2D eigenvalue weighted by molar-refractivity contribution is 5.98. The Morgan fingerprint density at radius 3 is 2.68 bits per heavy atom. The fourth-order valence-corrected chi connectivity index (χ4v) is 3.58. The Morgan fingerprint density at radius 2 is 2.03 bits per heavy atom. The van der Waals surface area contributed by atoms with Gasteiger partial charge in [0.1, 0.15) is 11.4 Å². The SMILES string of the molecule is CCC1Oc2ccc(CN3CC=C(c4ccc(C(=O)NC)cc4)CO3)c(F)c2NC1=O. The van der Waals surface area contributed by atoms with E-state index in [9.17, 15) is 14.0 Å². The summed E-state index contributed by atoms with van der Waals surface area (Å²) >= 11 is 0. The summed E-state index contributed by atoms with van der Waals surface area (Å²) < 4.78 is 20.5. The van der Waals surface area contributed by atoms with E-state index in [4.69, 9.17) is 9.57 Å². The molecule has 0 aliphatic carbocycles. The molecule has 2 aliphatic rings. The summed E-state index contributed by atoms with van der Waals surface area (Å²) in [6, 6.07) is 10.6. The molecule has 2 aromatic carbocycles. The summed E-state index contributed by atoms with van der Waals surface area (Å²) in [4.78, 5) is 29.5. The number of nitrogens with one attached hydrogen (secondary N) is 2. The highest BCUT2D eigenvalue weighted by Gasteiger charge is 2.29. The van der Waals surface area contributed by atoms with Crippen LogP contribution in [0.15, 0.2) is 42.5 Å². The van der Waals surface area contributed by atoms with Crippen LogP contribution in [0, 0.1) is 5.82 Å². The molecule has 0 saturated carbocycles. The molecule has 0 bridgehead atoms. The van der Waals surface area contributed by atoms with Crippen molar-refractivity contribution in [3.63, 3.8) is 0 Å². The molecule has 0 radical (unpaired) electrons. The van der Waals surface area contributed by atoms with Crippen molar-refractivity contribution in [1.82, 2.24) is 10.4 Å². The zero-order valence-corrected chi connectivity index (χ0v) is 17.4. The Balaban J connectivity index is 1.43. The second kappa shape index (κ2) is 8.87. The molecule has 2 aromatic rings. The summed E-state index contributed by atoms with van der Waals surface area (Å²) in [7, 11) is 1.59. The number of halogens is 1. The summed E-state index contributed by atoms with van der Waals surface area (Å²) in [6.45, 7) is 2.88. The quantitative estimate of drug-likeness (QED) is 0.770. The van der Waals surface area contributed by atoms with Crippen molar-refractivity contribution in [2.45, 2.75) is 26.0 Å². The smallest absolute Gasteiger partial charge is 0.265 e. The van der Waals surface area contributed by atoms with Crippen molar-refractivity contribution in [3.8, 4) is 5.75 Å². The molecule has 0 saturated heterocycles. The molecule has 4 rings (SSSR count). The standard InChI is InChI=1S/C23H24FN3O4/c1-3-18-23(29)26-21-19(31-18)9-8-16(20(21)24)12-27-11-10-17(13-30-27)14-4-6-15(7-5-14)22(28)25-2/h4-10,18H,3,11-13H2,1-2H3,(H,25,28)(H,26,29). The Bertz CT molecular complexity index is 1040. The Morgan fingerprint density at radius 1 is 1.26 bits per heavy atom. The van der Waals surface area contributed by atoms with Gasteiger partial charge in [0.05, 0.1) is 13.2 Å². The molecule has 7 nitrogen and oxygen atoms in total. The molecule has 2 amide bonds. The zero-order valence-electron chi connectivity index (χ0n) is 17.4. The minimum atomic E-state index is -0.600. The number of amides is 2. The van der Waals surface area contributed by atoms with Crippen LogP contribution in [0.1, 0.15) is 34.8 Å². The number of hydroxylamine groups is 2. The lowest BCUT2D eigenvalue weighted by molar-refractivity contribution is -0.151. The van der Waals surface area contributed by atoms with Gasteiger partial charge in [-0.2, -0.15) is 5.06 Å². The minimum Gasteiger partial charge on any atom is -0.478 e. The average molecular weight is 425 g/mol. The summed E-state index contributed by atoms with van der Waals surface area (Å²) in [6.07, 6.45) is 1.93. The molecule has 31 heavy (non-hydrogen) atoms. The molecule has 0 fully saturated rings. The molecular weight excluding hydrogens is 401 g/mol. The fraction of sp³-hybridized carbons (Fsp3) is 0.304. The molecule has 0 aromatic heterocycles. The number of nitrogens with zero attached hydrogens (tertiary/aromatic N) is 1. The Kier molecular flexibility index (Phi) is 6.01. The molecule has 8 heteroatoms. The van der Waals surface area contributed by atoms with Crippen LogP contribution in [0.25, 0.3) is 5.57 Å². The van der Waals surface area contributed by atoms with Gasteiger partial charge in [0.2, 0.25) is 0 Å². The number of hydrogen-bond donors (Lipinski definition) is 2. The third kappa shape index (κ3) is 4.30. The van der Waals surface area contributed by atoms with Gasteiger partial charge in [-0.15, -0.1) is 0 Å². The van der Waals surface area contributed by atoms with Crippen molar-refractivity contribution in [1.29, 1.82) is 0 Å². The molecule has 2 heterocycles. The number of carbonyl (C=O) groups is 2. The highest BCUT2D eigenvalue weighted by atomic mass is 19.1. The van der Waals surface area contributed by atoms with Crippen LogP contribution in [-0.2, 0) is 16.2 Å². The number of hydrogen-bond acceptors (Lipinski definition) is 5. The molecule has 1 atom stereocenters. The lowest BCUT2D eigenvalue weighted by Gasteiger charge is -2.28. The molecule has 0 spiro atoms. The number of anilines is 1. The second-order valence-electron chi connectivity index (χ2n) is 7.40. The maximum Gasteiger partial charge on any atom is 0.265 e. The van der Waals surface area contributed by atoms with Gasteiger partial charge in [0.15, 0.2) is 11.9 Å². The third-order valence-electron chi connectivity index (χ3n) is 5.40. The maximum atomic E-state index is 15.0. The highest BCUT2D eigenvalue weighted by Crippen LogP contribution is 2.35. The van der Waals surface area contributed by atoms with Gasteiger partial charge in [-0.25, -0.2) is 4.39 Å². The second-order valence-corrected chi connectivity index (χ2v) is 7.40. The lowest BCUT2D eigenvalue weighted by Crippen LogP contribution is -2.37. The van der Waals surface area contributed by atoms with Crippen LogP contribution in [0.3, 0.4) is 0 Å². The van der Waals surface area contributed by atoms with Crippen molar-refractivity contribution < 1.29 is 23.6 Å². The molecule has 2 N–H and O–H groups in total. The Hall–Kier alpha value is -3.23.